The maximum atomic E-state index is 7.10. The summed E-state index contributed by atoms with van der Waals surface area (Å²) in [6.45, 7) is 7.10. The van der Waals surface area contributed by atoms with Crippen LogP contribution in [0, 0.1) is 6.57 Å². The van der Waals surface area contributed by atoms with Crippen molar-refractivity contribution in [2.24, 2.45) is 0 Å². The summed E-state index contributed by atoms with van der Waals surface area (Å²) in [5, 5.41) is 1.18. The Kier molecular flexibility index (Phi) is 3.22. The molecule has 1 aromatic carbocycles. The molecule has 0 atom stereocenters. The van der Waals surface area contributed by atoms with Crippen LogP contribution in [-0.4, -0.2) is 22.1 Å². The Hall–Kier alpha value is -2.23. The van der Waals surface area contributed by atoms with Crippen molar-refractivity contribution in [3.63, 3.8) is 0 Å². The van der Waals surface area contributed by atoms with E-state index in [-0.39, 0.29) is 0 Å². The van der Waals surface area contributed by atoms with E-state index in [2.05, 4.69) is 19.8 Å². The molecule has 20 heavy (non-hydrogen) atoms. The Morgan fingerprint density at radius 1 is 1.35 bits per heavy atom. The fourth-order valence-corrected chi connectivity index (χ4v) is 2.79. The van der Waals surface area contributed by atoms with Gasteiger partial charge in [0.25, 0.3) is 0 Å². The van der Waals surface area contributed by atoms with E-state index in [1.165, 1.54) is 17.7 Å². The summed E-state index contributed by atoms with van der Waals surface area (Å²) in [5.74, 6) is 0.442. The van der Waals surface area contributed by atoms with Crippen molar-refractivity contribution < 1.29 is 4.74 Å². The molecule has 0 aliphatic carbocycles. The van der Waals surface area contributed by atoms with E-state index < -0.39 is 0 Å². The molecule has 0 spiro atoms. The Morgan fingerprint density at radius 2 is 2.20 bits per heavy atom. The minimum atomic E-state index is 0.404. The third-order valence-corrected chi connectivity index (χ3v) is 4.00. The second-order valence-corrected chi connectivity index (χ2v) is 5.22. The van der Waals surface area contributed by atoms with Crippen molar-refractivity contribution >= 4 is 39.0 Å². The second kappa shape index (κ2) is 5.04. The summed E-state index contributed by atoms with van der Waals surface area (Å²) >= 11 is 7.35. The average molecular weight is 303 g/mol. The third kappa shape index (κ3) is 2.07. The van der Waals surface area contributed by atoms with Gasteiger partial charge >= 0.3 is 0 Å². The number of aromatic nitrogens is 3. The number of ether oxygens (including phenoxy) is 1. The Labute approximate surface area is 123 Å². The number of hydrogen-bond acceptors (Lipinski definition) is 5. The van der Waals surface area contributed by atoms with Crippen molar-refractivity contribution in [3.8, 4) is 16.5 Å². The monoisotopic (exact) mass is 302 g/mol. The molecule has 5 nitrogen and oxygen atoms in total. The van der Waals surface area contributed by atoms with Crippen molar-refractivity contribution in [1.82, 2.24) is 15.0 Å². The number of nitrogens with zero attached hydrogens (tertiary/aromatic N) is 4. The van der Waals surface area contributed by atoms with Gasteiger partial charge < -0.3 is 4.74 Å². The number of benzene rings is 1. The SMILES string of the molecule is [C-]#[N+]c1cc(-c2nc3c(OC)ncnc3s2)ccc1Cl. The lowest BCUT2D eigenvalue weighted by Gasteiger charge is -1.99. The molecule has 0 radical (unpaired) electrons. The molecule has 7 heteroatoms. The van der Waals surface area contributed by atoms with Gasteiger partial charge in [0, 0.05) is 10.6 Å². The summed E-state index contributed by atoms with van der Waals surface area (Å²) in [6, 6.07) is 5.24. The first-order valence-electron chi connectivity index (χ1n) is 5.56. The molecule has 3 rings (SSSR count). The van der Waals surface area contributed by atoms with E-state index in [1.807, 2.05) is 6.07 Å². The third-order valence-electron chi connectivity index (χ3n) is 2.67. The van der Waals surface area contributed by atoms with Crippen LogP contribution in [0.3, 0.4) is 0 Å². The summed E-state index contributed by atoms with van der Waals surface area (Å²) in [7, 11) is 1.54. The highest BCUT2D eigenvalue weighted by atomic mass is 35.5. The average Bonchev–Trinajstić information content (AvgIpc) is 2.91. The van der Waals surface area contributed by atoms with Crippen LogP contribution < -0.4 is 4.74 Å². The van der Waals surface area contributed by atoms with Gasteiger partial charge in [-0.1, -0.05) is 35.1 Å². The minimum Gasteiger partial charge on any atom is -0.479 e. The molecule has 3 aromatic rings. The topological polar surface area (TPSA) is 52.3 Å². The molecule has 0 N–H and O–H groups in total. The normalized spacial score (nSPS) is 10.4. The maximum absolute atomic E-state index is 7.10. The number of halogens is 1. The zero-order chi connectivity index (χ0) is 14.1. The van der Waals surface area contributed by atoms with Gasteiger partial charge in [0.2, 0.25) is 11.6 Å². The van der Waals surface area contributed by atoms with E-state index in [0.29, 0.717) is 22.1 Å². The largest absolute Gasteiger partial charge is 0.479 e. The van der Waals surface area contributed by atoms with E-state index in [4.69, 9.17) is 22.9 Å². The van der Waals surface area contributed by atoms with Gasteiger partial charge in [0.05, 0.1) is 13.7 Å². The van der Waals surface area contributed by atoms with Crippen LogP contribution in [0.25, 0.3) is 25.8 Å². The van der Waals surface area contributed by atoms with Gasteiger partial charge in [0.1, 0.15) is 11.3 Å². The van der Waals surface area contributed by atoms with Crippen LogP contribution in [-0.2, 0) is 0 Å². The van der Waals surface area contributed by atoms with Crippen LogP contribution in [0.5, 0.6) is 5.88 Å². The molecule has 2 heterocycles. The first kappa shape index (κ1) is 12.8. The summed E-state index contributed by atoms with van der Waals surface area (Å²) in [5.41, 5.74) is 1.85. The Morgan fingerprint density at radius 3 is 2.95 bits per heavy atom. The van der Waals surface area contributed by atoms with Crippen molar-refractivity contribution in [2.45, 2.75) is 0 Å². The lowest BCUT2D eigenvalue weighted by Crippen LogP contribution is -1.89. The fraction of sp³-hybridized carbons (Fsp3) is 0.0769. The van der Waals surface area contributed by atoms with Crippen LogP contribution >= 0.6 is 22.9 Å². The smallest absolute Gasteiger partial charge is 0.244 e. The number of fused-ring (bicyclic) bond motifs is 1. The molecule has 98 valence electrons. The molecular formula is C13H7ClN4OS. The zero-order valence-corrected chi connectivity index (χ0v) is 11.9. The predicted octanol–water partition coefficient (Wildman–Crippen LogP) is 3.97. The van der Waals surface area contributed by atoms with E-state index in [9.17, 15) is 0 Å². The molecular weight excluding hydrogens is 296 g/mol. The highest BCUT2D eigenvalue weighted by molar-refractivity contribution is 7.21. The number of hydrogen-bond donors (Lipinski definition) is 0. The van der Waals surface area contributed by atoms with Gasteiger partial charge in [-0.3, -0.25) is 0 Å². The highest BCUT2D eigenvalue weighted by Crippen LogP contribution is 2.35. The minimum absolute atomic E-state index is 0.404. The van der Waals surface area contributed by atoms with Gasteiger partial charge in [-0.05, 0) is 6.07 Å². The lowest BCUT2D eigenvalue weighted by molar-refractivity contribution is 0.402. The summed E-state index contributed by atoms with van der Waals surface area (Å²) in [6.07, 6.45) is 1.44. The predicted molar refractivity (Wildman–Crippen MR) is 78.5 cm³/mol. The zero-order valence-electron chi connectivity index (χ0n) is 10.3. The Bertz CT molecular complexity index is 840. The molecule has 0 saturated heterocycles. The van der Waals surface area contributed by atoms with E-state index in [0.717, 1.165) is 15.4 Å². The lowest BCUT2D eigenvalue weighted by atomic mass is 10.2. The standard InChI is InChI=1S/C13H7ClN4OS/c1-15-9-5-7(3-4-8(9)14)12-18-10-11(19-2)16-6-17-13(10)20-12/h3-6H,2H3. The number of rotatable bonds is 2. The molecule has 0 bridgehead atoms. The van der Waals surface area contributed by atoms with Crippen molar-refractivity contribution in [2.75, 3.05) is 7.11 Å². The number of thiazole rings is 1. The van der Waals surface area contributed by atoms with Crippen molar-refractivity contribution in [3.05, 3.63) is 41.0 Å². The highest BCUT2D eigenvalue weighted by Gasteiger charge is 2.13. The summed E-state index contributed by atoms with van der Waals surface area (Å²) < 4.78 is 5.16. The van der Waals surface area contributed by atoms with Crippen LogP contribution in [0.4, 0.5) is 5.69 Å². The van der Waals surface area contributed by atoms with Crippen molar-refractivity contribution in [1.29, 1.82) is 0 Å². The molecule has 0 aliphatic heterocycles. The summed E-state index contributed by atoms with van der Waals surface area (Å²) in [4.78, 5) is 16.8. The van der Waals surface area contributed by atoms with Crippen LogP contribution in [0.1, 0.15) is 0 Å². The van der Waals surface area contributed by atoms with E-state index in [1.54, 1.807) is 19.2 Å². The maximum Gasteiger partial charge on any atom is 0.244 e. The van der Waals surface area contributed by atoms with Gasteiger partial charge in [-0.2, -0.15) is 4.98 Å². The first-order valence-corrected chi connectivity index (χ1v) is 6.75. The van der Waals surface area contributed by atoms with Crippen LogP contribution in [0.2, 0.25) is 5.02 Å². The number of methoxy groups -OCH3 is 1. The quantitative estimate of drug-likeness (QED) is 0.672. The van der Waals surface area contributed by atoms with Gasteiger partial charge in [0.15, 0.2) is 10.3 Å². The Balaban J connectivity index is 2.18. The van der Waals surface area contributed by atoms with E-state index >= 15 is 0 Å². The first-order chi connectivity index (χ1) is 9.72. The second-order valence-electron chi connectivity index (χ2n) is 3.83. The molecule has 0 aliphatic rings. The van der Waals surface area contributed by atoms with Gasteiger partial charge in [-0.25, -0.2) is 14.8 Å². The molecule has 0 saturated carbocycles. The fourth-order valence-electron chi connectivity index (χ4n) is 1.74. The molecule has 0 fully saturated rings. The molecule has 0 unspecified atom stereocenters. The van der Waals surface area contributed by atoms with Gasteiger partial charge in [-0.15, -0.1) is 0 Å². The molecule has 2 aromatic heterocycles. The van der Waals surface area contributed by atoms with Crippen LogP contribution in [0.15, 0.2) is 24.5 Å². The molecule has 0 amide bonds.